The van der Waals surface area contributed by atoms with Crippen LogP contribution < -0.4 is 11.3 Å². The minimum absolute atomic E-state index is 0.267. The Balaban J connectivity index is 2.12. The molecule has 1 fully saturated rings. The van der Waals surface area contributed by atoms with Gasteiger partial charge in [-0.1, -0.05) is 22.0 Å². The minimum atomic E-state index is -0.267. The fourth-order valence-corrected chi connectivity index (χ4v) is 2.85. The predicted molar refractivity (Wildman–Crippen MR) is 74.9 cm³/mol. The van der Waals surface area contributed by atoms with E-state index in [0.29, 0.717) is 11.6 Å². The van der Waals surface area contributed by atoms with Crippen molar-refractivity contribution in [2.75, 3.05) is 6.54 Å². The molecule has 0 bridgehead atoms. The maximum absolute atomic E-state index is 11.4. The zero-order valence-corrected chi connectivity index (χ0v) is 12.0. The zero-order chi connectivity index (χ0) is 13.1. The average Bonchev–Trinajstić information content (AvgIpc) is 2.76. The van der Waals surface area contributed by atoms with E-state index < -0.39 is 0 Å². The van der Waals surface area contributed by atoms with Gasteiger partial charge < -0.3 is 0 Å². The summed E-state index contributed by atoms with van der Waals surface area (Å²) in [5, 5.41) is 0. The van der Waals surface area contributed by atoms with Gasteiger partial charge in [-0.2, -0.15) is 0 Å². The van der Waals surface area contributed by atoms with Crippen molar-refractivity contribution in [1.82, 2.24) is 10.3 Å². The first kappa shape index (κ1) is 13.5. The van der Waals surface area contributed by atoms with E-state index in [1.807, 2.05) is 18.2 Å². The lowest BCUT2D eigenvalue weighted by Gasteiger charge is -2.21. The molecule has 3 N–H and O–H groups in total. The molecular weight excluding hydrogens is 294 g/mol. The quantitative estimate of drug-likeness (QED) is 0.510. The number of hydrazine groups is 1. The van der Waals surface area contributed by atoms with Crippen LogP contribution in [0.1, 0.15) is 35.7 Å². The Morgan fingerprint density at radius 1 is 1.61 bits per heavy atom. The van der Waals surface area contributed by atoms with Crippen LogP contribution in [0.15, 0.2) is 22.7 Å². The second kappa shape index (κ2) is 5.82. The third kappa shape index (κ3) is 2.91. The average molecular weight is 312 g/mol. The number of carbonyl (C=O) groups excluding carboxylic acids is 1. The fraction of sp³-hybridized carbons (Fsp3) is 0.462. The highest BCUT2D eigenvalue weighted by molar-refractivity contribution is 9.10. The molecule has 0 aliphatic carbocycles. The highest BCUT2D eigenvalue weighted by Gasteiger charge is 2.21. The number of nitrogens with zero attached hydrogens (tertiary/aromatic N) is 1. The number of halogens is 1. The molecule has 18 heavy (non-hydrogen) atoms. The number of benzene rings is 1. The van der Waals surface area contributed by atoms with Gasteiger partial charge in [0.2, 0.25) is 0 Å². The number of hydrogen-bond donors (Lipinski definition) is 2. The lowest BCUT2D eigenvalue weighted by atomic mass is 10.1. The van der Waals surface area contributed by atoms with Gasteiger partial charge in [0, 0.05) is 22.6 Å². The third-order valence-electron chi connectivity index (χ3n) is 3.51. The van der Waals surface area contributed by atoms with Crippen LogP contribution in [0.3, 0.4) is 0 Å². The predicted octanol–water partition coefficient (Wildman–Crippen LogP) is 2.04. The minimum Gasteiger partial charge on any atom is -0.296 e. The summed E-state index contributed by atoms with van der Waals surface area (Å²) < 4.78 is 0.961. The van der Waals surface area contributed by atoms with Gasteiger partial charge in [0.05, 0.1) is 0 Å². The number of hydrogen-bond acceptors (Lipinski definition) is 3. The summed E-state index contributed by atoms with van der Waals surface area (Å²) >= 11 is 3.52. The summed E-state index contributed by atoms with van der Waals surface area (Å²) in [5.41, 5.74) is 3.92. The maximum Gasteiger partial charge on any atom is 0.265 e. The van der Waals surface area contributed by atoms with Gasteiger partial charge in [-0.3, -0.25) is 15.1 Å². The van der Waals surface area contributed by atoms with E-state index in [2.05, 4.69) is 33.2 Å². The van der Waals surface area contributed by atoms with E-state index in [1.165, 1.54) is 18.4 Å². The third-order valence-corrected chi connectivity index (χ3v) is 4.25. The Kier molecular flexibility index (Phi) is 4.37. The highest BCUT2D eigenvalue weighted by atomic mass is 79.9. The monoisotopic (exact) mass is 311 g/mol. The highest BCUT2D eigenvalue weighted by Crippen LogP contribution is 2.24. The van der Waals surface area contributed by atoms with E-state index >= 15 is 0 Å². The molecule has 1 aromatic carbocycles. The molecule has 0 aromatic heterocycles. The van der Waals surface area contributed by atoms with Crippen LogP contribution in [0.5, 0.6) is 0 Å². The summed E-state index contributed by atoms with van der Waals surface area (Å²) in [4.78, 5) is 13.9. The lowest BCUT2D eigenvalue weighted by molar-refractivity contribution is 0.0953. The van der Waals surface area contributed by atoms with Gasteiger partial charge in [-0.05, 0) is 44.0 Å². The normalized spacial score (nSPS) is 20.1. The molecule has 0 radical (unpaired) electrons. The number of amides is 1. The SMILES string of the molecule is CC1CCCN1Cc1ccc(C(=O)NN)cc1Br. The number of carbonyl (C=O) groups is 1. The maximum atomic E-state index is 11.4. The number of rotatable bonds is 3. The molecule has 1 aromatic rings. The summed E-state index contributed by atoms with van der Waals surface area (Å²) in [6.45, 7) is 4.34. The van der Waals surface area contributed by atoms with Crippen molar-refractivity contribution in [1.29, 1.82) is 0 Å². The van der Waals surface area contributed by atoms with Crippen molar-refractivity contribution in [2.45, 2.75) is 32.4 Å². The summed E-state index contributed by atoms with van der Waals surface area (Å²) in [6, 6.07) is 6.25. The Labute approximate surface area is 116 Å². The van der Waals surface area contributed by atoms with Gasteiger partial charge in [-0.15, -0.1) is 0 Å². The Bertz CT molecular complexity index is 450. The number of nitrogen functional groups attached to an aromatic ring is 1. The molecule has 0 saturated carbocycles. The van der Waals surface area contributed by atoms with Crippen molar-refractivity contribution >= 4 is 21.8 Å². The van der Waals surface area contributed by atoms with Gasteiger partial charge >= 0.3 is 0 Å². The van der Waals surface area contributed by atoms with E-state index in [-0.39, 0.29) is 5.91 Å². The number of nitrogens with one attached hydrogen (secondary N) is 1. The van der Waals surface area contributed by atoms with Crippen LogP contribution in [0, 0.1) is 0 Å². The second-order valence-corrected chi connectivity index (χ2v) is 5.60. The molecule has 1 aliphatic heterocycles. The van der Waals surface area contributed by atoms with Gasteiger partial charge in [0.1, 0.15) is 0 Å². The summed E-state index contributed by atoms with van der Waals surface area (Å²) in [7, 11) is 0. The molecule has 2 rings (SSSR count). The molecule has 1 amide bonds. The van der Waals surface area contributed by atoms with Crippen molar-refractivity contribution < 1.29 is 4.79 Å². The Morgan fingerprint density at radius 3 is 2.94 bits per heavy atom. The van der Waals surface area contributed by atoms with Crippen LogP contribution in [0.2, 0.25) is 0 Å². The fourth-order valence-electron chi connectivity index (χ4n) is 2.35. The Hall–Kier alpha value is -0.910. The van der Waals surface area contributed by atoms with Crippen LogP contribution >= 0.6 is 15.9 Å². The van der Waals surface area contributed by atoms with Crippen LogP contribution in [0.25, 0.3) is 0 Å². The molecule has 1 unspecified atom stereocenters. The van der Waals surface area contributed by atoms with Crippen LogP contribution in [0.4, 0.5) is 0 Å². The van der Waals surface area contributed by atoms with Crippen LogP contribution in [-0.4, -0.2) is 23.4 Å². The molecule has 4 nitrogen and oxygen atoms in total. The zero-order valence-electron chi connectivity index (χ0n) is 10.4. The molecule has 98 valence electrons. The first-order valence-electron chi connectivity index (χ1n) is 6.15. The van der Waals surface area contributed by atoms with Crippen molar-refractivity contribution in [2.24, 2.45) is 5.84 Å². The smallest absolute Gasteiger partial charge is 0.265 e. The lowest BCUT2D eigenvalue weighted by Crippen LogP contribution is -2.30. The van der Waals surface area contributed by atoms with E-state index in [1.54, 1.807) is 0 Å². The first-order valence-corrected chi connectivity index (χ1v) is 6.94. The van der Waals surface area contributed by atoms with Gasteiger partial charge in [0.25, 0.3) is 5.91 Å². The largest absolute Gasteiger partial charge is 0.296 e. The van der Waals surface area contributed by atoms with Crippen molar-refractivity contribution in [3.8, 4) is 0 Å². The van der Waals surface area contributed by atoms with E-state index in [9.17, 15) is 4.79 Å². The molecule has 0 spiro atoms. The molecule has 1 saturated heterocycles. The molecule has 1 atom stereocenters. The second-order valence-electron chi connectivity index (χ2n) is 4.74. The van der Waals surface area contributed by atoms with Crippen molar-refractivity contribution in [3.05, 3.63) is 33.8 Å². The Morgan fingerprint density at radius 2 is 2.39 bits per heavy atom. The number of nitrogens with two attached hydrogens (primary N) is 1. The van der Waals surface area contributed by atoms with Crippen LogP contribution in [-0.2, 0) is 6.54 Å². The topological polar surface area (TPSA) is 58.4 Å². The molecule has 5 heteroatoms. The van der Waals surface area contributed by atoms with Crippen molar-refractivity contribution in [3.63, 3.8) is 0 Å². The summed E-state index contributed by atoms with van der Waals surface area (Å²) in [6.07, 6.45) is 2.54. The van der Waals surface area contributed by atoms with E-state index in [4.69, 9.17) is 5.84 Å². The molecular formula is C13H18BrN3O. The van der Waals surface area contributed by atoms with Gasteiger partial charge in [-0.25, -0.2) is 5.84 Å². The summed E-state index contributed by atoms with van der Waals surface area (Å²) in [5.74, 6) is 4.85. The van der Waals surface area contributed by atoms with Gasteiger partial charge in [0.15, 0.2) is 0 Å². The molecule has 1 aliphatic rings. The number of likely N-dealkylation sites (tertiary alicyclic amines) is 1. The van der Waals surface area contributed by atoms with E-state index in [0.717, 1.165) is 17.6 Å². The molecule has 1 heterocycles. The standard InChI is InChI=1S/C13H18BrN3O/c1-9-3-2-6-17(9)8-11-5-4-10(7-12(11)14)13(18)16-15/h4-5,7,9H,2-3,6,8,15H2,1H3,(H,16,18). The first-order chi connectivity index (χ1) is 8.61.